The molecule has 1 saturated carbocycles. The zero-order valence-electron chi connectivity index (χ0n) is 11.0. The van der Waals surface area contributed by atoms with Crippen molar-refractivity contribution < 1.29 is 8.42 Å². The van der Waals surface area contributed by atoms with Gasteiger partial charge in [-0.15, -0.1) is 0 Å². The third-order valence-electron chi connectivity index (χ3n) is 3.89. The lowest BCUT2D eigenvalue weighted by Gasteiger charge is -2.28. The van der Waals surface area contributed by atoms with Gasteiger partial charge in [0.05, 0.1) is 5.75 Å². The van der Waals surface area contributed by atoms with Crippen LogP contribution < -0.4 is 10.0 Å². The molecule has 0 aromatic rings. The minimum atomic E-state index is -3.12. The van der Waals surface area contributed by atoms with E-state index in [-0.39, 0.29) is 17.8 Å². The van der Waals surface area contributed by atoms with Crippen molar-refractivity contribution in [2.75, 3.05) is 18.6 Å². The van der Waals surface area contributed by atoms with Gasteiger partial charge in [-0.05, 0) is 44.9 Å². The van der Waals surface area contributed by atoms with Crippen LogP contribution in [-0.2, 0) is 10.0 Å². The fourth-order valence-electron chi connectivity index (χ4n) is 2.93. The van der Waals surface area contributed by atoms with E-state index in [1.54, 1.807) is 0 Å². The van der Waals surface area contributed by atoms with Crippen LogP contribution in [0.3, 0.4) is 0 Å². The second kappa shape index (κ2) is 6.59. The minimum Gasteiger partial charge on any atom is -0.313 e. The summed E-state index contributed by atoms with van der Waals surface area (Å²) in [6.07, 6.45) is 8.54. The fourth-order valence-corrected chi connectivity index (χ4v) is 5.39. The number of sulfonamides is 1. The zero-order valence-corrected chi connectivity index (χ0v) is 12.7. The number of nitrogens with one attached hydrogen (secondary N) is 2. The standard InChI is InChI=1S/C12H24N2O2S2/c1-17-12-6-2-4-10(8-12)14-18(15,16)9-11-5-3-7-13-11/h10-14H,2-9H2,1H3. The second-order valence-corrected chi connectivity index (χ2v) is 8.35. The molecule has 2 N–H and O–H groups in total. The van der Waals surface area contributed by atoms with Gasteiger partial charge in [0.15, 0.2) is 0 Å². The molecule has 0 radical (unpaired) electrons. The molecule has 4 nitrogen and oxygen atoms in total. The van der Waals surface area contributed by atoms with Crippen molar-refractivity contribution in [1.29, 1.82) is 0 Å². The average Bonchev–Trinajstić information content (AvgIpc) is 2.80. The molecule has 0 amide bonds. The average molecular weight is 292 g/mol. The normalized spacial score (nSPS) is 33.7. The Hall–Kier alpha value is 0.220. The topological polar surface area (TPSA) is 58.2 Å². The second-order valence-electron chi connectivity index (χ2n) is 5.41. The van der Waals surface area contributed by atoms with Crippen LogP contribution in [0.2, 0.25) is 0 Å². The van der Waals surface area contributed by atoms with E-state index in [0.717, 1.165) is 38.6 Å². The third-order valence-corrected chi connectivity index (χ3v) is 6.52. The first-order chi connectivity index (χ1) is 8.59. The Balaban J connectivity index is 1.83. The lowest BCUT2D eigenvalue weighted by atomic mass is 9.96. The van der Waals surface area contributed by atoms with Crippen LogP contribution in [0, 0.1) is 0 Å². The number of hydrogen-bond acceptors (Lipinski definition) is 4. The lowest BCUT2D eigenvalue weighted by molar-refractivity contribution is 0.419. The monoisotopic (exact) mass is 292 g/mol. The highest BCUT2D eigenvalue weighted by atomic mass is 32.2. The highest BCUT2D eigenvalue weighted by molar-refractivity contribution is 7.99. The maximum absolute atomic E-state index is 12.1. The van der Waals surface area contributed by atoms with E-state index in [1.165, 1.54) is 6.42 Å². The molecule has 106 valence electrons. The van der Waals surface area contributed by atoms with Gasteiger partial charge < -0.3 is 5.32 Å². The van der Waals surface area contributed by atoms with Crippen LogP contribution in [0.25, 0.3) is 0 Å². The first-order valence-electron chi connectivity index (χ1n) is 6.85. The molecule has 1 aliphatic carbocycles. The van der Waals surface area contributed by atoms with Gasteiger partial charge in [0, 0.05) is 17.3 Å². The van der Waals surface area contributed by atoms with Gasteiger partial charge in [-0.1, -0.05) is 6.42 Å². The predicted molar refractivity (Wildman–Crippen MR) is 77.5 cm³/mol. The summed E-state index contributed by atoms with van der Waals surface area (Å²) >= 11 is 1.86. The molecule has 2 aliphatic rings. The molecule has 6 heteroatoms. The van der Waals surface area contributed by atoms with Gasteiger partial charge in [0.1, 0.15) is 0 Å². The smallest absolute Gasteiger partial charge is 0.213 e. The summed E-state index contributed by atoms with van der Waals surface area (Å²) in [4.78, 5) is 0. The highest BCUT2D eigenvalue weighted by Crippen LogP contribution is 2.27. The maximum atomic E-state index is 12.1. The Kier molecular flexibility index (Phi) is 5.35. The SMILES string of the molecule is CSC1CCCC(NS(=O)(=O)CC2CCCN2)C1. The lowest BCUT2D eigenvalue weighted by Crippen LogP contribution is -2.43. The summed E-state index contributed by atoms with van der Waals surface area (Å²) in [6.45, 7) is 0.957. The van der Waals surface area contributed by atoms with Crippen LogP contribution in [0.1, 0.15) is 38.5 Å². The molecular weight excluding hydrogens is 268 g/mol. The first kappa shape index (κ1) is 14.6. The predicted octanol–water partition coefficient (Wildman–Crippen LogP) is 1.33. The maximum Gasteiger partial charge on any atom is 0.213 e. The molecule has 0 aromatic carbocycles. The van der Waals surface area contributed by atoms with Crippen molar-refractivity contribution in [1.82, 2.24) is 10.0 Å². The summed E-state index contributed by atoms with van der Waals surface area (Å²) < 4.78 is 27.1. The molecule has 1 heterocycles. The molecule has 1 aliphatic heterocycles. The molecule has 0 bridgehead atoms. The minimum absolute atomic E-state index is 0.155. The van der Waals surface area contributed by atoms with E-state index in [9.17, 15) is 8.42 Å². The van der Waals surface area contributed by atoms with E-state index in [1.807, 2.05) is 11.8 Å². The highest BCUT2D eigenvalue weighted by Gasteiger charge is 2.27. The largest absolute Gasteiger partial charge is 0.313 e. The summed E-state index contributed by atoms with van der Waals surface area (Å²) in [5.74, 6) is 0.243. The number of rotatable bonds is 5. The molecule has 2 fully saturated rings. The quantitative estimate of drug-likeness (QED) is 0.803. The van der Waals surface area contributed by atoms with E-state index >= 15 is 0 Å². The van der Waals surface area contributed by atoms with Crippen molar-refractivity contribution in [3.63, 3.8) is 0 Å². The van der Waals surface area contributed by atoms with Gasteiger partial charge in [0.2, 0.25) is 10.0 Å². The molecular formula is C12H24N2O2S2. The van der Waals surface area contributed by atoms with Crippen molar-refractivity contribution in [3.05, 3.63) is 0 Å². The third kappa shape index (κ3) is 4.40. The Labute approximate surface area is 115 Å². The molecule has 2 rings (SSSR count). The molecule has 1 saturated heterocycles. The van der Waals surface area contributed by atoms with Crippen LogP contribution >= 0.6 is 11.8 Å². The summed E-state index contributed by atoms with van der Waals surface area (Å²) in [7, 11) is -3.12. The van der Waals surface area contributed by atoms with E-state index < -0.39 is 10.0 Å². The van der Waals surface area contributed by atoms with Gasteiger partial charge in [-0.3, -0.25) is 0 Å². The van der Waals surface area contributed by atoms with Crippen molar-refractivity contribution >= 4 is 21.8 Å². The summed E-state index contributed by atoms with van der Waals surface area (Å²) in [5.41, 5.74) is 0. The number of hydrogen-bond donors (Lipinski definition) is 2. The summed E-state index contributed by atoms with van der Waals surface area (Å²) in [6, 6.07) is 0.310. The van der Waals surface area contributed by atoms with E-state index in [2.05, 4.69) is 16.3 Å². The van der Waals surface area contributed by atoms with Crippen LogP contribution in [-0.4, -0.2) is 44.3 Å². The summed E-state index contributed by atoms with van der Waals surface area (Å²) in [5, 5.41) is 3.87. The van der Waals surface area contributed by atoms with Crippen molar-refractivity contribution in [2.45, 2.75) is 55.9 Å². The van der Waals surface area contributed by atoms with Crippen molar-refractivity contribution in [2.24, 2.45) is 0 Å². The molecule has 0 aromatic heterocycles. The van der Waals surface area contributed by atoms with Crippen LogP contribution in [0.5, 0.6) is 0 Å². The van der Waals surface area contributed by atoms with E-state index in [0.29, 0.717) is 5.25 Å². The van der Waals surface area contributed by atoms with E-state index in [4.69, 9.17) is 0 Å². The first-order valence-corrected chi connectivity index (χ1v) is 9.79. The van der Waals surface area contributed by atoms with Crippen LogP contribution in [0.4, 0.5) is 0 Å². The number of thioether (sulfide) groups is 1. The van der Waals surface area contributed by atoms with Gasteiger partial charge in [0.25, 0.3) is 0 Å². The van der Waals surface area contributed by atoms with Crippen LogP contribution in [0.15, 0.2) is 0 Å². The Morgan fingerprint density at radius 3 is 2.78 bits per heavy atom. The Morgan fingerprint density at radius 1 is 1.28 bits per heavy atom. The Bertz CT molecular complexity index is 353. The molecule has 18 heavy (non-hydrogen) atoms. The zero-order chi connectivity index (χ0) is 13.0. The molecule has 3 atom stereocenters. The van der Waals surface area contributed by atoms with Gasteiger partial charge >= 0.3 is 0 Å². The van der Waals surface area contributed by atoms with Gasteiger partial charge in [-0.2, -0.15) is 11.8 Å². The van der Waals surface area contributed by atoms with Crippen molar-refractivity contribution in [3.8, 4) is 0 Å². The Morgan fingerprint density at radius 2 is 2.11 bits per heavy atom. The molecule has 3 unspecified atom stereocenters. The molecule has 0 spiro atoms. The van der Waals surface area contributed by atoms with Gasteiger partial charge in [-0.25, -0.2) is 13.1 Å². The fraction of sp³-hybridized carbons (Fsp3) is 1.00.